The number of hydrogen-bond acceptors (Lipinski definition) is 5. The fourth-order valence-electron chi connectivity index (χ4n) is 1.09. The molecule has 0 fully saturated rings. The topological polar surface area (TPSA) is 178 Å². The highest BCUT2D eigenvalue weighted by Crippen LogP contribution is 2.17. The average Bonchev–Trinajstić information content (AvgIpc) is 1.96. The quantitative estimate of drug-likeness (QED) is 0.332. The fraction of sp³-hybridized carbons (Fsp3) is 0.500. The summed E-state index contributed by atoms with van der Waals surface area (Å²) in [5.74, 6) is -5.52. The number of aliphatic carboxylic acids is 3. The number of carboxylic acids is 3. The van der Waals surface area contributed by atoms with Gasteiger partial charge < -0.3 is 15.3 Å². The van der Waals surface area contributed by atoms with Gasteiger partial charge in [0, 0.05) is 0 Å². The highest BCUT2D eigenvalue weighted by molar-refractivity contribution is 7.83. The Bertz CT molecular complexity index is 422. The van der Waals surface area contributed by atoms with Gasteiger partial charge in [-0.15, -0.1) is 0 Å². The monoisotopic (exact) mass is 271 g/mol. The van der Waals surface area contributed by atoms with Gasteiger partial charge in [-0.05, 0) is 0 Å². The summed E-state index contributed by atoms with van der Waals surface area (Å²) < 4.78 is 30.6. The van der Waals surface area contributed by atoms with Gasteiger partial charge in [0.2, 0.25) is 0 Å². The maximum atomic E-state index is 10.8. The molecule has 10 nitrogen and oxygen atoms in total. The van der Waals surface area contributed by atoms with Gasteiger partial charge in [0.15, 0.2) is 5.54 Å². The lowest BCUT2D eigenvalue weighted by Gasteiger charge is -2.25. The first-order valence-electron chi connectivity index (χ1n) is 3.92. The molecule has 0 radical (unpaired) electrons. The van der Waals surface area contributed by atoms with E-state index < -0.39 is 46.6 Å². The minimum absolute atomic E-state index is 1.10. The van der Waals surface area contributed by atoms with Crippen LogP contribution >= 0.6 is 0 Å². The van der Waals surface area contributed by atoms with Crippen molar-refractivity contribution in [1.29, 1.82) is 0 Å². The van der Waals surface area contributed by atoms with Crippen LogP contribution in [-0.4, -0.2) is 51.7 Å². The largest absolute Gasteiger partial charge is 0.481 e. The molecule has 0 heterocycles. The van der Waals surface area contributed by atoms with E-state index >= 15 is 0 Å². The summed E-state index contributed by atoms with van der Waals surface area (Å²) in [6.07, 6.45) is -2.68. The molecule has 0 saturated carbocycles. The molecule has 0 aromatic rings. The molecule has 0 spiro atoms. The van der Waals surface area contributed by atoms with Gasteiger partial charge >= 0.3 is 28.2 Å². The highest BCUT2D eigenvalue weighted by Gasteiger charge is 2.46. The molecule has 0 saturated heterocycles. The molecule has 0 aliphatic heterocycles. The summed E-state index contributed by atoms with van der Waals surface area (Å²) in [5, 5.41) is 25.6. The lowest BCUT2D eigenvalue weighted by atomic mass is 9.93. The number of rotatable bonds is 7. The standard InChI is InChI=1S/C6H9NO9S/c8-3(9)1-6(5(12)13,2-4(10)11)7-17(14,15)16/h7H,1-2H2,(H,8,9)(H,10,11)(H,12,13)(H,14,15,16). The zero-order valence-electron chi connectivity index (χ0n) is 8.15. The first-order chi connectivity index (χ1) is 7.48. The second-order valence-electron chi connectivity index (χ2n) is 3.11. The second-order valence-corrected chi connectivity index (χ2v) is 4.26. The molecule has 0 atom stereocenters. The van der Waals surface area contributed by atoms with Gasteiger partial charge in [-0.3, -0.25) is 18.9 Å². The van der Waals surface area contributed by atoms with Crippen LogP contribution in [0.5, 0.6) is 0 Å². The van der Waals surface area contributed by atoms with E-state index in [9.17, 15) is 22.8 Å². The van der Waals surface area contributed by atoms with E-state index in [4.69, 9.17) is 19.9 Å². The third-order valence-electron chi connectivity index (χ3n) is 1.64. The van der Waals surface area contributed by atoms with Crippen molar-refractivity contribution in [2.45, 2.75) is 18.4 Å². The Kier molecular flexibility index (Phi) is 4.56. The van der Waals surface area contributed by atoms with E-state index in [2.05, 4.69) is 0 Å². The zero-order chi connectivity index (χ0) is 13.9. The van der Waals surface area contributed by atoms with Gasteiger partial charge in [0.05, 0.1) is 12.8 Å². The lowest BCUT2D eigenvalue weighted by molar-refractivity contribution is -0.154. The Morgan fingerprint density at radius 1 is 1.00 bits per heavy atom. The Morgan fingerprint density at radius 3 is 1.53 bits per heavy atom. The van der Waals surface area contributed by atoms with Crippen molar-refractivity contribution >= 4 is 28.2 Å². The van der Waals surface area contributed by atoms with Gasteiger partial charge in [-0.25, -0.2) is 0 Å². The van der Waals surface area contributed by atoms with E-state index in [1.165, 1.54) is 0 Å². The molecule has 11 heteroatoms. The summed E-state index contributed by atoms with van der Waals surface area (Å²) in [5.41, 5.74) is -2.84. The molecule has 0 bridgehead atoms. The van der Waals surface area contributed by atoms with Crippen LogP contribution in [0.15, 0.2) is 0 Å². The predicted octanol–water partition coefficient (Wildman–Crippen LogP) is -1.85. The van der Waals surface area contributed by atoms with Crippen molar-refractivity contribution in [2.24, 2.45) is 0 Å². The molecule has 0 aromatic carbocycles. The minimum atomic E-state index is -5.08. The molecule has 98 valence electrons. The number of nitrogens with one attached hydrogen (secondary N) is 1. The minimum Gasteiger partial charge on any atom is -0.481 e. The van der Waals surface area contributed by atoms with Crippen LogP contribution in [0.2, 0.25) is 0 Å². The van der Waals surface area contributed by atoms with Crippen LogP contribution in [0.4, 0.5) is 0 Å². The van der Waals surface area contributed by atoms with Gasteiger partial charge in [0.25, 0.3) is 0 Å². The van der Waals surface area contributed by atoms with Crippen LogP contribution in [0, 0.1) is 0 Å². The van der Waals surface area contributed by atoms with E-state index in [-0.39, 0.29) is 0 Å². The highest BCUT2D eigenvalue weighted by atomic mass is 32.2. The predicted molar refractivity (Wildman–Crippen MR) is 49.6 cm³/mol. The van der Waals surface area contributed by atoms with Crippen molar-refractivity contribution in [1.82, 2.24) is 4.72 Å². The van der Waals surface area contributed by atoms with Crippen LogP contribution in [0.25, 0.3) is 0 Å². The van der Waals surface area contributed by atoms with Crippen molar-refractivity contribution in [3.8, 4) is 0 Å². The van der Waals surface area contributed by atoms with E-state index in [0.29, 0.717) is 0 Å². The normalized spacial score (nSPS) is 12.1. The summed E-state index contributed by atoms with van der Waals surface area (Å²) in [4.78, 5) is 31.6. The molecule has 0 rings (SSSR count). The van der Waals surface area contributed by atoms with E-state index in [0.717, 1.165) is 4.72 Å². The van der Waals surface area contributed by atoms with Crippen LogP contribution < -0.4 is 4.72 Å². The number of hydrogen-bond donors (Lipinski definition) is 5. The fourth-order valence-corrected chi connectivity index (χ4v) is 1.82. The molecule has 17 heavy (non-hydrogen) atoms. The van der Waals surface area contributed by atoms with Crippen molar-refractivity contribution in [3.05, 3.63) is 0 Å². The molecule has 0 aliphatic carbocycles. The zero-order valence-corrected chi connectivity index (χ0v) is 8.97. The third-order valence-corrected chi connectivity index (χ3v) is 2.29. The summed E-state index contributed by atoms with van der Waals surface area (Å²) in [6, 6.07) is 0. The molecular weight excluding hydrogens is 262 g/mol. The van der Waals surface area contributed by atoms with Crippen molar-refractivity contribution in [2.75, 3.05) is 0 Å². The van der Waals surface area contributed by atoms with Gasteiger partial charge in [0.1, 0.15) is 0 Å². The Balaban J connectivity index is 5.46. The lowest BCUT2D eigenvalue weighted by Crippen LogP contribution is -2.56. The maximum absolute atomic E-state index is 10.8. The number of carbonyl (C=O) groups is 3. The van der Waals surface area contributed by atoms with E-state index in [1.807, 2.05) is 0 Å². The van der Waals surface area contributed by atoms with Crippen LogP contribution in [-0.2, 0) is 24.7 Å². The number of carboxylic acid groups (broad SMARTS) is 3. The van der Waals surface area contributed by atoms with Crippen molar-refractivity contribution in [3.63, 3.8) is 0 Å². The van der Waals surface area contributed by atoms with Crippen LogP contribution in [0.1, 0.15) is 12.8 Å². The summed E-state index contributed by atoms with van der Waals surface area (Å²) in [6.45, 7) is 0. The van der Waals surface area contributed by atoms with E-state index in [1.54, 1.807) is 0 Å². The molecule has 0 aromatic heterocycles. The van der Waals surface area contributed by atoms with Gasteiger partial charge in [-0.2, -0.15) is 13.1 Å². The van der Waals surface area contributed by atoms with Crippen LogP contribution in [0.3, 0.4) is 0 Å². The Labute approximate surface area is 94.7 Å². The Morgan fingerprint density at radius 2 is 1.35 bits per heavy atom. The van der Waals surface area contributed by atoms with Gasteiger partial charge in [-0.1, -0.05) is 0 Å². The summed E-state index contributed by atoms with van der Waals surface area (Å²) in [7, 11) is -5.08. The van der Waals surface area contributed by atoms with Crippen molar-refractivity contribution < 1.29 is 42.7 Å². The first kappa shape index (κ1) is 15.3. The molecular formula is C6H9NO9S. The SMILES string of the molecule is O=C(O)CC(CC(=O)O)(NS(=O)(=O)O)C(=O)O. The average molecular weight is 271 g/mol. The Hall–Kier alpha value is -1.72. The molecule has 5 N–H and O–H groups in total. The summed E-state index contributed by atoms with van der Waals surface area (Å²) >= 11 is 0. The molecule has 0 unspecified atom stereocenters. The second kappa shape index (κ2) is 5.07. The smallest absolute Gasteiger partial charge is 0.334 e. The maximum Gasteiger partial charge on any atom is 0.334 e. The molecule has 0 amide bonds. The first-order valence-corrected chi connectivity index (χ1v) is 5.36. The molecule has 0 aliphatic rings. The third kappa shape index (κ3) is 5.24.